The lowest BCUT2D eigenvalue weighted by Gasteiger charge is -2.15. The normalized spacial score (nSPS) is 12.8. The first kappa shape index (κ1) is 16.3. The highest BCUT2D eigenvalue weighted by Crippen LogP contribution is 2.23. The van der Waals surface area contributed by atoms with Crippen LogP contribution < -0.4 is 5.32 Å². The van der Waals surface area contributed by atoms with Crippen LogP contribution in [0.15, 0.2) is 16.5 Å². The van der Waals surface area contributed by atoms with Crippen molar-refractivity contribution in [2.45, 2.75) is 65.0 Å². The van der Waals surface area contributed by atoms with E-state index in [4.69, 9.17) is 9.15 Å². The van der Waals surface area contributed by atoms with Crippen molar-refractivity contribution in [2.75, 3.05) is 13.7 Å². The van der Waals surface area contributed by atoms with Crippen LogP contribution in [0.25, 0.3) is 0 Å². The maximum atomic E-state index is 5.83. The summed E-state index contributed by atoms with van der Waals surface area (Å²) >= 11 is 0. The first-order valence-corrected chi connectivity index (χ1v) is 7.62. The fourth-order valence-corrected chi connectivity index (χ4v) is 2.34. The Labute approximate surface area is 117 Å². The van der Waals surface area contributed by atoms with E-state index >= 15 is 0 Å². The summed E-state index contributed by atoms with van der Waals surface area (Å²) in [6.45, 7) is 5.92. The van der Waals surface area contributed by atoms with E-state index in [0.717, 1.165) is 24.5 Å². The van der Waals surface area contributed by atoms with E-state index in [0.29, 0.717) is 12.6 Å². The van der Waals surface area contributed by atoms with E-state index in [9.17, 15) is 0 Å². The summed E-state index contributed by atoms with van der Waals surface area (Å²) in [7, 11) is 1.69. The van der Waals surface area contributed by atoms with Crippen molar-refractivity contribution >= 4 is 0 Å². The maximum Gasteiger partial charge on any atom is 0.129 e. The van der Waals surface area contributed by atoms with Gasteiger partial charge >= 0.3 is 0 Å². The zero-order valence-electron chi connectivity index (χ0n) is 12.7. The van der Waals surface area contributed by atoms with Gasteiger partial charge in [-0.3, -0.25) is 0 Å². The lowest BCUT2D eigenvalue weighted by Crippen LogP contribution is -2.20. The largest absolute Gasteiger partial charge is 0.462 e. The van der Waals surface area contributed by atoms with Gasteiger partial charge in [0.1, 0.15) is 18.1 Å². The van der Waals surface area contributed by atoms with Crippen LogP contribution in [0.3, 0.4) is 0 Å². The van der Waals surface area contributed by atoms with Crippen LogP contribution in [0.1, 0.15) is 69.9 Å². The molecule has 1 unspecified atom stereocenters. The molecule has 0 aliphatic rings. The van der Waals surface area contributed by atoms with Crippen LogP contribution in [0, 0.1) is 0 Å². The van der Waals surface area contributed by atoms with Gasteiger partial charge in [-0.2, -0.15) is 0 Å². The van der Waals surface area contributed by atoms with Gasteiger partial charge < -0.3 is 14.5 Å². The molecule has 1 aromatic rings. The molecule has 110 valence electrons. The highest BCUT2D eigenvalue weighted by Gasteiger charge is 2.14. The molecule has 0 saturated carbocycles. The van der Waals surface area contributed by atoms with Gasteiger partial charge in [-0.15, -0.1) is 0 Å². The fraction of sp³-hybridized carbons (Fsp3) is 0.750. The van der Waals surface area contributed by atoms with Gasteiger partial charge in [-0.25, -0.2) is 0 Å². The van der Waals surface area contributed by atoms with Gasteiger partial charge in [0.25, 0.3) is 0 Å². The minimum absolute atomic E-state index is 0.345. The van der Waals surface area contributed by atoms with E-state index in [1.807, 2.05) is 6.07 Å². The predicted molar refractivity (Wildman–Crippen MR) is 79.2 cm³/mol. The smallest absolute Gasteiger partial charge is 0.129 e. The Balaban J connectivity index is 2.41. The van der Waals surface area contributed by atoms with Crippen molar-refractivity contribution in [3.05, 3.63) is 23.7 Å². The van der Waals surface area contributed by atoms with E-state index in [1.165, 1.54) is 32.1 Å². The number of ether oxygens (including phenoxy) is 1. The molecule has 0 aliphatic heterocycles. The van der Waals surface area contributed by atoms with Gasteiger partial charge in [-0.1, -0.05) is 46.0 Å². The second kappa shape index (κ2) is 10.0. The van der Waals surface area contributed by atoms with Crippen LogP contribution >= 0.6 is 0 Å². The molecule has 0 fully saturated rings. The predicted octanol–water partition coefficient (Wildman–Crippen LogP) is 4.44. The molecule has 0 amide bonds. The second-order valence-corrected chi connectivity index (χ2v) is 5.05. The number of hydrogen-bond acceptors (Lipinski definition) is 3. The molecule has 0 aromatic carbocycles. The molecule has 0 aliphatic carbocycles. The van der Waals surface area contributed by atoms with Gasteiger partial charge in [0.05, 0.1) is 6.04 Å². The molecule has 0 radical (unpaired) electrons. The van der Waals surface area contributed by atoms with Crippen LogP contribution in [0.4, 0.5) is 0 Å². The molecule has 0 saturated heterocycles. The third kappa shape index (κ3) is 6.26. The molecular weight excluding hydrogens is 238 g/mol. The van der Waals surface area contributed by atoms with Crippen LogP contribution in [-0.2, 0) is 11.3 Å². The molecule has 1 N–H and O–H groups in total. The summed E-state index contributed by atoms with van der Waals surface area (Å²) in [5.41, 5.74) is 0. The van der Waals surface area contributed by atoms with Crippen molar-refractivity contribution in [3.63, 3.8) is 0 Å². The molecule has 19 heavy (non-hydrogen) atoms. The zero-order chi connectivity index (χ0) is 13.9. The minimum Gasteiger partial charge on any atom is -0.462 e. The van der Waals surface area contributed by atoms with Crippen molar-refractivity contribution in [1.29, 1.82) is 0 Å². The Morgan fingerprint density at radius 1 is 1.16 bits per heavy atom. The summed E-state index contributed by atoms with van der Waals surface area (Å²) in [5.74, 6) is 1.95. The Kier molecular flexibility index (Phi) is 8.59. The SMILES string of the molecule is CCCCCCCC(NCC)c1ccc(COC)o1. The molecule has 3 heteroatoms. The van der Waals surface area contributed by atoms with Gasteiger partial charge in [-0.05, 0) is 25.1 Å². The van der Waals surface area contributed by atoms with Crippen molar-refractivity contribution in [2.24, 2.45) is 0 Å². The Morgan fingerprint density at radius 3 is 2.63 bits per heavy atom. The number of nitrogens with one attached hydrogen (secondary N) is 1. The van der Waals surface area contributed by atoms with Gasteiger partial charge in [0.2, 0.25) is 0 Å². The van der Waals surface area contributed by atoms with Crippen LogP contribution in [0.5, 0.6) is 0 Å². The van der Waals surface area contributed by atoms with E-state index in [2.05, 4.69) is 25.2 Å². The molecule has 1 rings (SSSR count). The van der Waals surface area contributed by atoms with E-state index in [-0.39, 0.29) is 0 Å². The molecular formula is C16H29NO2. The number of hydrogen-bond donors (Lipinski definition) is 1. The number of rotatable bonds is 11. The summed E-state index contributed by atoms with van der Waals surface area (Å²) in [4.78, 5) is 0. The molecule has 1 heterocycles. The number of unbranched alkanes of at least 4 members (excludes halogenated alkanes) is 4. The quantitative estimate of drug-likeness (QED) is 0.602. The monoisotopic (exact) mass is 267 g/mol. The molecule has 1 atom stereocenters. The summed E-state index contributed by atoms with van der Waals surface area (Å²) in [6, 6.07) is 4.44. The highest BCUT2D eigenvalue weighted by atomic mass is 16.5. The van der Waals surface area contributed by atoms with Crippen molar-refractivity contribution in [3.8, 4) is 0 Å². The first-order chi connectivity index (χ1) is 9.31. The first-order valence-electron chi connectivity index (χ1n) is 7.62. The van der Waals surface area contributed by atoms with Crippen LogP contribution in [0.2, 0.25) is 0 Å². The number of furan rings is 1. The Morgan fingerprint density at radius 2 is 1.95 bits per heavy atom. The molecule has 3 nitrogen and oxygen atoms in total. The lowest BCUT2D eigenvalue weighted by molar-refractivity contribution is 0.161. The van der Waals surface area contributed by atoms with Gasteiger partial charge in [0.15, 0.2) is 0 Å². The van der Waals surface area contributed by atoms with E-state index < -0.39 is 0 Å². The Hall–Kier alpha value is -0.800. The summed E-state index contributed by atoms with van der Waals surface area (Å²) in [6.07, 6.45) is 7.74. The third-order valence-corrected chi connectivity index (χ3v) is 3.36. The molecule has 0 bridgehead atoms. The zero-order valence-corrected chi connectivity index (χ0v) is 12.7. The maximum absolute atomic E-state index is 5.83. The Bertz CT molecular complexity index is 322. The fourth-order valence-electron chi connectivity index (χ4n) is 2.34. The number of methoxy groups -OCH3 is 1. The highest BCUT2D eigenvalue weighted by molar-refractivity contribution is 5.10. The second-order valence-electron chi connectivity index (χ2n) is 5.05. The lowest BCUT2D eigenvalue weighted by atomic mass is 10.0. The third-order valence-electron chi connectivity index (χ3n) is 3.36. The average molecular weight is 267 g/mol. The molecule has 0 spiro atoms. The summed E-state index contributed by atoms with van der Waals surface area (Å²) in [5, 5.41) is 3.51. The van der Waals surface area contributed by atoms with Crippen molar-refractivity contribution < 1.29 is 9.15 Å². The standard InChI is InChI=1S/C16H29NO2/c1-4-6-7-8-9-10-15(17-5-2)16-12-11-14(19-16)13-18-3/h11-12,15,17H,4-10,13H2,1-3H3. The van der Waals surface area contributed by atoms with Crippen LogP contribution in [-0.4, -0.2) is 13.7 Å². The van der Waals surface area contributed by atoms with Crippen molar-refractivity contribution in [1.82, 2.24) is 5.32 Å². The van der Waals surface area contributed by atoms with Gasteiger partial charge in [0, 0.05) is 7.11 Å². The molecule has 1 aromatic heterocycles. The average Bonchev–Trinajstić information content (AvgIpc) is 2.86. The minimum atomic E-state index is 0.345. The summed E-state index contributed by atoms with van der Waals surface area (Å²) < 4.78 is 10.9. The topological polar surface area (TPSA) is 34.4 Å². The van der Waals surface area contributed by atoms with E-state index in [1.54, 1.807) is 7.11 Å².